The number of hydrogen-bond donors (Lipinski definition) is 0. The molecule has 0 amide bonds. The first kappa shape index (κ1) is 17.1. The van der Waals surface area contributed by atoms with Crippen LogP contribution in [-0.2, 0) is 19.7 Å². The summed E-state index contributed by atoms with van der Waals surface area (Å²) in [7, 11) is 0. The number of hydrogen-bond acceptors (Lipinski definition) is 4. The molecule has 24 heavy (non-hydrogen) atoms. The van der Waals surface area contributed by atoms with Crippen molar-refractivity contribution in [2.75, 3.05) is 6.61 Å². The summed E-state index contributed by atoms with van der Waals surface area (Å²) in [5, 5.41) is 0. The highest BCUT2D eigenvalue weighted by molar-refractivity contribution is 6.67. The average Bonchev–Trinajstić information content (AvgIpc) is 2.85. The molecule has 0 radical (unpaired) electrons. The number of alkyl halides is 3. The summed E-state index contributed by atoms with van der Waals surface area (Å²) >= 11 is 16.9. The maximum Gasteiger partial charge on any atom is 0.338 e. The Hall–Kier alpha value is -1.75. The van der Waals surface area contributed by atoms with Gasteiger partial charge in [0, 0.05) is 5.56 Å². The quantitative estimate of drug-likeness (QED) is 0.349. The van der Waals surface area contributed by atoms with E-state index >= 15 is 0 Å². The van der Waals surface area contributed by atoms with Crippen LogP contribution in [0.15, 0.2) is 54.6 Å². The van der Waals surface area contributed by atoms with E-state index in [0.29, 0.717) is 16.9 Å². The van der Waals surface area contributed by atoms with Gasteiger partial charge in [-0.2, -0.15) is 0 Å². The summed E-state index contributed by atoms with van der Waals surface area (Å²) in [6.45, 7) is -0.486. The third-order valence-corrected chi connectivity index (χ3v) is 4.01. The second-order valence-corrected chi connectivity index (χ2v) is 7.71. The van der Waals surface area contributed by atoms with Gasteiger partial charge in [0.25, 0.3) is 0 Å². The zero-order valence-electron chi connectivity index (χ0n) is 12.2. The van der Waals surface area contributed by atoms with Crippen LogP contribution in [0.25, 0.3) is 0 Å². The zero-order chi connectivity index (χ0) is 17.4. The highest BCUT2D eigenvalue weighted by Gasteiger charge is 2.58. The first-order valence-electron chi connectivity index (χ1n) is 6.97. The average molecular weight is 386 g/mol. The van der Waals surface area contributed by atoms with Gasteiger partial charge in [-0.1, -0.05) is 83.3 Å². The van der Waals surface area contributed by atoms with Crippen LogP contribution >= 0.6 is 34.8 Å². The molecule has 0 unspecified atom stereocenters. The molecule has 0 bridgehead atoms. The number of benzene rings is 2. The molecule has 4 nitrogen and oxygen atoms in total. The lowest BCUT2D eigenvalue weighted by atomic mass is 9.75. The molecule has 1 aliphatic rings. The van der Waals surface area contributed by atoms with E-state index in [2.05, 4.69) is 0 Å². The van der Waals surface area contributed by atoms with E-state index in [9.17, 15) is 9.59 Å². The molecule has 1 heterocycles. The second-order valence-electron chi connectivity index (χ2n) is 5.19. The van der Waals surface area contributed by atoms with Crippen molar-refractivity contribution in [2.45, 2.75) is 9.21 Å². The maximum absolute atomic E-state index is 12.9. The summed E-state index contributed by atoms with van der Waals surface area (Å²) < 4.78 is 8.65. The molecule has 0 saturated heterocycles. The topological polar surface area (TPSA) is 52.6 Å². The molecule has 0 saturated carbocycles. The van der Waals surface area contributed by atoms with Crippen molar-refractivity contribution >= 4 is 46.7 Å². The minimum atomic E-state index is -1.78. The lowest BCUT2D eigenvalue weighted by molar-refractivity contribution is -0.156. The molecule has 1 atom stereocenters. The lowest BCUT2D eigenvalue weighted by Crippen LogP contribution is -2.45. The molecular formula is C17H11Cl3O4. The molecule has 7 heteroatoms. The number of carbonyl (C=O) groups excluding carboxylic acids is 2. The predicted molar refractivity (Wildman–Crippen MR) is 90.5 cm³/mol. The molecular weight excluding hydrogens is 375 g/mol. The summed E-state index contributed by atoms with van der Waals surface area (Å²) in [6.07, 6.45) is 0. The van der Waals surface area contributed by atoms with E-state index < -0.39 is 27.8 Å². The number of halogens is 3. The SMILES string of the molecule is O=C(OCC(Cl)(Cl)Cl)[C@@]1(c2ccccc2)C(=O)Oc2ccccc21. The van der Waals surface area contributed by atoms with E-state index in [1.807, 2.05) is 0 Å². The number of ether oxygens (including phenoxy) is 2. The normalized spacial score (nSPS) is 19.5. The van der Waals surface area contributed by atoms with E-state index in [1.165, 1.54) is 0 Å². The van der Waals surface area contributed by atoms with Crippen molar-refractivity contribution < 1.29 is 19.1 Å². The predicted octanol–water partition coefficient (Wildman–Crippen LogP) is 3.81. The Morgan fingerprint density at radius 3 is 2.33 bits per heavy atom. The van der Waals surface area contributed by atoms with Crippen LogP contribution in [0, 0.1) is 0 Å². The fraction of sp³-hybridized carbons (Fsp3) is 0.176. The van der Waals surface area contributed by atoms with Crippen LogP contribution in [0.4, 0.5) is 0 Å². The van der Waals surface area contributed by atoms with E-state index in [1.54, 1.807) is 54.6 Å². The molecule has 1 aliphatic heterocycles. The van der Waals surface area contributed by atoms with Gasteiger partial charge in [-0.25, -0.2) is 4.79 Å². The number of carbonyl (C=O) groups is 2. The largest absolute Gasteiger partial charge is 0.460 e. The Morgan fingerprint density at radius 2 is 1.67 bits per heavy atom. The second kappa shape index (κ2) is 6.28. The van der Waals surface area contributed by atoms with Crippen molar-refractivity contribution in [3.05, 3.63) is 65.7 Å². The van der Waals surface area contributed by atoms with Crippen molar-refractivity contribution in [3.63, 3.8) is 0 Å². The van der Waals surface area contributed by atoms with Gasteiger partial charge in [0.15, 0.2) is 0 Å². The third-order valence-electron chi connectivity index (χ3n) is 3.68. The minimum absolute atomic E-state index is 0.303. The molecule has 2 aromatic carbocycles. The van der Waals surface area contributed by atoms with Crippen LogP contribution in [0.1, 0.15) is 11.1 Å². The van der Waals surface area contributed by atoms with E-state index in [0.717, 1.165) is 0 Å². The fourth-order valence-electron chi connectivity index (χ4n) is 2.68. The Balaban J connectivity index is 2.13. The number of esters is 2. The van der Waals surface area contributed by atoms with Crippen molar-refractivity contribution in [1.82, 2.24) is 0 Å². The van der Waals surface area contributed by atoms with E-state index in [-0.39, 0.29) is 0 Å². The van der Waals surface area contributed by atoms with Crippen molar-refractivity contribution in [2.24, 2.45) is 0 Å². The molecule has 124 valence electrons. The van der Waals surface area contributed by atoms with Crippen LogP contribution < -0.4 is 4.74 Å². The van der Waals surface area contributed by atoms with E-state index in [4.69, 9.17) is 44.3 Å². The van der Waals surface area contributed by atoms with Crippen LogP contribution in [-0.4, -0.2) is 22.3 Å². The van der Waals surface area contributed by atoms with Gasteiger partial charge in [-0.3, -0.25) is 4.79 Å². The Kier molecular flexibility index (Phi) is 4.47. The zero-order valence-corrected chi connectivity index (χ0v) is 14.4. The smallest absolute Gasteiger partial charge is 0.338 e. The summed E-state index contributed by atoms with van der Waals surface area (Å²) in [5.41, 5.74) is -0.918. The van der Waals surface area contributed by atoms with Gasteiger partial charge in [0.2, 0.25) is 9.21 Å². The molecule has 0 spiro atoms. The Morgan fingerprint density at radius 1 is 1.04 bits per heavy atom. The van der Waals surface area contributed by atoms with Gasteiger partial charge < -0.3 is 9.47 Å². The van der Waals surface area contributed by atoms with Gasteiger partial charge in [-0.05, 0) is 11.6 Å². The fourth-order valence-corrected chi connectivity index (χ4v) is 2.84. The monoisotopic (exact) mass is 384 g/mol. The van der Waals surface area contributed by atoms with Crippen LogP contribution in [0.3, 0.4) is 0 Å². The molecule has 2 aromatic rings. The number of para-hydroxylation sites is 1. The summed E-state index contributed by atoms with van der Waals surface area (Å²) in [6, 6.07) is 15.2. The Bertz CT molecular complexity index is 786. The van der Waals surface area contributed by atoms with Gasteiger partial charge in [0.1, 0.15) is 12.4 Å². The molecule has 0 aliphatic carbocycles. The highest BCUT2D eigenvalue weighted by Crippen LogP contribution is 2.45. The van der Waals surface area contributed by atoms with Gasteiger partial charge >= 0.3 is 11.9 Å². The van der Waals surface area contributed by atoms with Crippen molar-refractivity contribution in [1.29, 1.82) is 0 Å². The summed E-state index contributed by atoms with van der Waals surface area (Å²) in [4.78, 5) is 25.6. The molecule has 0 aromatic heterocycles. The minimum Gasteiger partial charge on any atom is -0.460 e. The Labute approximate surface area is 153 Å². The first-order valence-corrected chi connectivity index (χ1v) is 8.10. The van der Waals surface area contributed by atoms with Crippen LogP contribution in [0.2, 0.25) is 0 Å². The number of rotatable bonds is 3. The standard InChI is InChI=1S/C17H11Cl3O4/c18-16(19,20)10-23-14(21)17(11-6-2-1-3-7-11)12-8-4-5-9-13(12)24-15(17)22/h1-9H,10H2/t17-/m0/s1. The summed E-state index contributed by atoms with van der Waals surface area (Å²) in [5.74, 6) is -1.30. The third kappa shape index (κ3) is 2.86. The van der Waals surface area contributed by atoms with Crippen LogP contribution in [0.5, 0.6) is 5.75 Å². The highest BCUT2D eigenvalue weighted by atomic mass is 35.6. The maximum atomic E-state index is 12.9. The molecule has 3 rings (SSSR count). The van der Waals surface area contributed by atoms with Gasteiger partial charge in [-0.15, -0.1) is 0 Å². The first-order chi connectivity index (χ1) is 11.4. The number of fused-ring (bicyclic) bond motifs is 1. The van der Waals surface area contributed by atoms with Crippen molar-refractivity contribution in [3.8, 4) is 5.75 Å². The molecule has 0 N–H and O–H groups in total. The lowest BCUT2D eigenvalue weighted by Gasteiger charge is -2.25. The molecule has 0 fully saturated rings. The van der Waals surface area contributed by atoms with Gasteiger partial charge in [0.05, 0.1) is 0 Å².